The van der Waals surface area contributed by atoms with Crippen molar-refractivity contribution in [3.63, 3.8) is 0 Å². The van der Waals surface area contributed by atoms with Gasteiger partial charge in [-0.15, -0.1) is 0 Å². The maximum Gasteiger partial charge on any atom is 0.416 e. The highest BCUT2D eigenvalue weighted by atomic mass is 32.2. The predicted molar refractivity (Wildman–Crippen MR) is 142 cm³/mol. The number of ketones is 1. The van der Waals surface area contributed by atoms with E-state index in [9.17, 15) is 30.8 Å². The van der Waals surface area contributed by atoms with E-state index in [1.54, 1.807) is 36.1 Å². The minimum atomic E-state index is -4.68. The maximum atomic E-state index is 14.2. The molecule has 1 aromatic carbocycles. The van der Waals surface area contributed by atoms with Gasteiger partial charge in [-0.05, 0) is 79.8 Å². The van der Waals surface area contributed by atoms with Crippen LogP contribution in [-0.4, -0.2) is 44.8 Å². The van der Waals surface area contributed by atoms with E-state index in [0.29, 0.717) is 28.9 Å². The molecule has 3 aromatic heterocycles. The highest BCUT2D eigenvalue weighted by Gasteiger charge is 2.50. The fourth-order valence-electron chi connectivity index (χ4n) is 5.79. The van der Waals surface area contributed by atoms with Gasteiger partial charge in [0.2, 0.25) is 0 Å². The molecule has 9 nitrogen and oxygen atoms in total. The molecule has 0 bridgehead atoms. The molecule has 0 saturated heterocycles. The smallest absolute Gasteiger partial charge is 0.291 e. The molecule has 6 rings (SSSR count). The molecule has 1 saturated carbocycles. The number of pyridine rings is 1. The number of nitrogens with zero attached hydrogens (tertiary/aromatic N) is 5. The van der Waals surface area contributed by atoms with Gasteiger partial charge in [-0.25, -0.2) is 22.2 Å². The minimum Gasteiger partial charge on any atom is -0.291 e. The van der Waals surface area contributed by atoms with Gasteiger partial charge in [-0.3, -0.25) is 14.5 Å². The normalized spacial score (nSPS) is 20.5. The number of alkyl halides is 3. The predicted octanol–water partition coefficient (Wildman–Crippen LogP) is 4.50. The van der Waals surface area contributed by atoms with Crippen molar-refractivity contribution in [2.24, 2.45) is 12.5 Å². The number of aromatic nitrogens is 5. The third kappa shape index (κ3) is 4.94. The summed E-state index contributed by atoms with van der Waals surface area (Å²) in [4.78, 5) is 18.2. The lowest BCUT2D eigenvalue weighted by Gasteiger charge is -2.44. The van der Waals surface area contributed by atoms with E-state index in [1.807, 2.05) is 0 Å². The first-order chi connectivity index (χ1) is 19.9. The highest BCUT2D eigenvalue weighted by molar-refractivity contribution is 7.89. The van der Waals surface area contributed by atoms with Crippen LogP contribution in [0.5, 0.6) is 0 Å². The largest absolute Gasteiger partial charge is 0.416 e. The Morgan fingerprint density at radius 1 is 1.14 bits per heavy atom. The van der Waals surface area contributed by atoms with Crippen LogP contribution in [0.2, 0.25) is 0 Å². The number of benzene rings is 1. The zero-order chi connectivity index (χ0) is 29.9. The quantitative estimate of drug-likeness (QED) is 0.258. The number of hydrogen-bond acceptors (Lipinski definition) is 6. The molecule has 3 heterocycles. The van der Waals surface area contributed by atoms with E-state index >= 15 is 0 Å². The van der Waals surface area contributed by atoms with Gasteiger partial charge in [0.15, 0.2) is 10.8 Å². The van der Waals surface area contributed by atoms with Crippen molar-refractivity contribution in [2.75, 3.05) is 0 Å². The van der Waals surface area contributed by atoms with Crippen molar-refractivity contribution < 1.29 is 30.8 Å². The number of carbonyl (C=O) groups is 1. The summed E-state index contributed by atoms with van der Waals surface area (Å²) in [5.41, 5.74) is -0.233. The fraction of sp³-hybridized carbons (Fsp3) is 0.286. The van der Waals surface area contributed by atoms with E-state index in [2.05, 4.69) is 19.9 Å². The summed E-state index contributed by atoms with van der Waals surface area (Å²) in [7, 11) is -2.46. The van der Waals surface area contributed by atoms with Gasteiger partial charge in [-0.2, -0.15) is 23.4 Å². The lowest BCUT2D eigenvalue weighted by molar-refractivity contribution is -0.137. The van der Waals surface area contributed by atoms with Crippen LogP contribution in [0.3, 0.4) is 0 Å². The minimum absolute atomic E-state index is 0.0111. The molecule has 2 aliphatic rings. The van der Waals surface area contributed by atoms with Crippen LogP contribution in [0.1, 0.15) is 46.6 Å². The molecule has 2 aliphatic carbocycles. The van der Waals surface area contributed by atoms with Crippen molar-refractivity contribution in [1.29, 1.82) is 0 Å². The topological polar surface area (TPSA) is 112 Å². The van der Waals surface area contributed by atoms with Gasteiger partial charge in [0, 0.05) is 25.5 Å². The van der Waals surface area contributed by atoms with Crippen LogP contribution in [0.15, 0.2) is 71.7 Å². The molecule has 14 heteroatoms. The molecule has 0 radical (unpaired) electrons. The average molecular weight is 601 g/mol. The van der Waals surface area contributed by atoms with Crippen LogP contribution >= 0.6 is 0 Å². The second-order valence-electron chi connectivity index (χ2n) is 10.5. The third-order valence-corrected chi connectivity index (χ3v) is 9.19. The SMILES string of the molecule is Cn1ccc(S(=O)(=O)N[C@H]2CCC3=Cc4c(cnn4-c4ccc(F)cc4)C[C@]3(C(=O)c3cc(C(F)(F)F)ccn3)C2)n1. The molecular formula is C28H24F4N6O3S. The van der Waals surface area contributed by atoms with Crippen LogP contribution in [0.4, 0.5) is 17.6 Å². The first kappa shape index (κ1) is 28.0. The van der Waals surface area contributed by atoms with E-state index in [1.165, 1.54) is 29.1 Å². The fourth-order valence-corrected chi connectivity index (χ4v) is 7.03. The Hall–Kier alpha value is -4.17. The number of nitrogens with one attached hydrogen (secondary N) is 1. The number of sulfonamides is 1. The van der Waals surface area contributed by atoms with Crippen molar-refractivity contribution in [3.05, 3.63) is 95.0 Å². The summed E-state index contributed by atoms with van der Waals surface area (Å²) in [6.45, 7) is 0. The number of fused-ring (bicyclic) bond motifs is 2. The number of allylic oxidation sites excluding steroid dienone is 1. The zero-order valence-corrected chi connectivity index (χ0v) is 23.0. The molecule has 2 atom stereocenters. The van der Waals surface area contributed by atoms with Gasteiger partial charge < -0.3 is 0 Å². The summed E-state index contributed by atoms with van der Waals surface area (Å²) < 4.78 is 85.9. The van der Waals surface area contributed by atoms with Gasteiger partial charge >= 0.3 is 6.18 Å². The van der Waals surface area contributed by atoms with Crippen molar-refractivity contribution in [3.8, 4) is 5.69 Å². The molecule has 0 amide bonds. The van der Waals surface area contributed by atoms with E-state index in [0.717, 1.165) is 18.3 Å². The molecule has 0 aliphatic heterocycles. The number of aryl methyl sites for hydroxylation is 1. The Bertz CT molecular complexity index is 1830. The number of Topliss-reactive ketones (excluding diaryl/α,β-unsaturated/α-hetero) is 1. The Balaban J connectivity index is 1.42. The molecule has 42 heavy (non-hydrogen) atoms. The second-order valence-corrected chi connectivity index (χ2v) is 12.2. The van der Waals surface area contributed by atoms with Crippen LogP contribution in [0, 0.1) is 11.2 Å². The molecule has 218 valence electrons. The Kier molecular flexibility index (Phi) is 6.65. The Morgan fingerprint density at radius 3 is 2.60 bits per heavy atom. The Morgan fingerprint density at radius 2 is 1.90 bits per heavy atom. The molecule has 0 unspecified atom stereocenters. The van der Waals surface area contributed by atoms with Gasteiger partial charge in [0.1, 0.15) is 11.5 Å². The summed E-state index contributed by atoms with van der Waals surface area (Å²) in [5.74, 6) is -1.05. The van der Waals surface area contributed by atoms with Crippen LogP contribution < -0.4 is 4.72 Å². The first-order valence-corrected chi connectivity index (χ1v) is 14.5. The van der Waals surface area contributed by atoms with E-state index < -0.39 is 44.8 Å². The summed E-state index contributed by atoms with van der Waals surface area (Å²) in [6, 6.07) is 7.87. The van der Waals surface area contributed by atoms with Crippen molar-refractivity contribution in [2.45, 2.75) is 42.9 Å². The Labute approximate surface area is 237 Å². The summed E-state index contributed by atoms with van der Waals surface area (Å²) in [5, 5.41) is 8.22. The zero-order valence-electron chi connectivity index (χ0n) is 22.1. The standard InChI is InChI=1S/C28H24F4N6O3S/c1-37-11-9-25(35-37)42(40,41)36-21-5-2-18-13-24-17(16-34-38(24)22-6-3-20(29)4-7-22)14-27(18,15-21)26(39)23-12-19(8-10-33-23)28(30,31)32/h3-4,6-13,16,21,36H,2,5,14-15H2,1H3/t21-,27-/m0/s1. The molecule has 1 fully saturated rings. The van der Waals surface area contributed by atoms with Gasteiger partial charge in [0.05, 0.1) is 28.6 Å². The average Bonchev–Trinajstić information content (AvgIpc) is 3.57. The summed E-state index contributed by atoms with van der Waals surface area (Å²) >= 11 is 0. The summed E-state index contributed by atoms with van der Waals surface area (Å²) in [6.07, 6.45) is 1.76. The lowest BCUT2D eigenvalue weighted by Crippen LogP contribution is -2.49. The molecule has 0 spiro atoms. The highest BCUT2D eigenvalue weighted by Crippen LogP contribution is 2.50. The lowest BCUT2D eigenvalue weighted by atomic mass is 9.60. The van der Waals surface area contributed by atoms with Gasteiger partial charge in [0.25, 0.3) is 10.0 Å². The van der Waals surface area contributed by atoms with Crippen molar-refractivity contribution in [1.82, 2.24) is 29.3 Å². The van der Waals surface area contributed by atoms with E-state index in [-0.39, 0.29) is 30.0 Å². The van der Waals surface area contributed by atoms with Gasteiger partial charge in [-0.1, -0.05) is 5.57 Å². The first-order valence-electron chi connectivity index (χ1n) is 13.0. The van der Waals surface area contributed by atoms with E-state index in [4.69, 9.17) is 0 Å². The number of hydrogen-bond donors (Lipinski definition) is 1. The van der Waals surface area contributed by atoms with Crippen LogP contribution in [-0.2, 0) is 29.7 Å². The van der Waals surface area contributed by atoms with Crippen LogP contribution in [0.25, 0.3) is 11.8 Å². The van der Waals surface area contributed by atoms with Crippen molar-refractivity contribution >= 4 is 21.9 Å². The maximum absolute atomic E-state index is 14.2. The molecule has 1 N–H and O–H groups in total. The third-order valence-electron chi connectivity index (χ3n) is 7.77. The molecular weight excluding hydrogens is 576 g/mol. The number of halogens is 4. The molecule has 4 aromatic rings. The second kappa shape index (κ2) is 9.98. The number of carbonyl (C=O) groups excluding carboxylic acids is 1. The monoisotopic (exact) mass is 600 g/mol. The number of rotatable bonds is 6.